The van der Waals surface area contributed by atoms with Crippen LogP contribution in [0.1, 0.15) is 61.4 Å². The van der Waals surface area contributed by atoms with Crippen molar-refractivity contribution in [3.05, 3.63) is 35.4 Å². The van der Waals surface area contributed by atoms with Gasteiger partial charge in [0.15, 0.2) is 0 Å². The first-order valence-electron chi connectivity index (χ1n) is 7.84. The second kappa shape index (κ2) is 7.44. The van der Waals surface area contributed by atoms with Gasteiger partial charge in [-0.2, -0.15) is 0 Å². The van der Waals surface area contributed by atoms with Crippen LogP contribution in [0.25, 0.3) is 0 Å². The Morgan fingerprint density at radius 3 is 2.75 bits per heavy atom. The van der Waals surface area contributed by atoms with Crippen molar-refractivity contribution in [2.75, 3.05) is 0 Å². The predicted octanol–water partition coefficient (Wildman–Crippen LogP) is 3.23. The summed E-state index contributed by atoms with van der Waals surface area (Å²) in [6.07, 6.45) is 7.47. The van der Waals surface area contributed by atoms with Crippen LogP contribution in [0, 0.1) is 5.92 Å². The number of benzene rings is 1. The monoisotopic (exact) mass is 274 g/mol. The molecule has 1 aliphatic rings. The highest BCUT2D eigenvalue weighted by Crippen LogP contribution is 2.27. The molecule has 2 rings (SSSR count). The first kappa shape index (κ1) is 15.0. The van der Waals surface area contributed by atoms with E-state index in [0.29, 0.717) is 18.5 Å². The molecule has 1 atom stereocenters. The molecular weight excluding hydrogens is 248 g/mol. The van der Waals surface area contributed by atoms with E-state index in [0.717, 1.165) is 17.5 Å². The van der Waals surface area contributed by atoms with Gasteiger partial charge in [0.05, 0.1) is 0 Å². The van der Waals surface area contributed by atoms with E-state index >= 15 is 0 Å². The van der Waals surface area contributed by atoms with Crippen molar-refractivity contribution >= 4 is 5.91 Å². The third-order valence-corrected chi connectivity index (χ3v) is 4.40. The summed E-state index contributed by atoms with van der Waals surface area (Å²) in [4.78, 5) is 12.4. The summed E-state index contributed by atoms with van der Waals surface area (Å²) in [5.41, 5.74) is 7.36. The number of hydrogen-bond acceptors (Lipinski definition) is 2. The Balaban J connectivity index is 2.00. The summed E-state index contributed by atoms with van der Waals surface area (Å²) < 4.78 is 0. The maximum atomic E-state index is 12.4. The molecule has 0 saturated heterocycles. The minimum atomic E-state index is 0.0396. The highest BCUT2D eigenvalue weighted by atomic mass is 16.1. The summed E-state index contributed by atoms with van der Waals surface area (Å²) >= 11 is 0. The van der Waals surface area contributed by atoms with Crippen LogP contribution in [0.4, 0.5) is 0 Å². The van der Waals surface area contributed by atoms with Crippen LogP contribution in [0.15, 0.2) is 24.3 Å². The lowest BCUT2D eigenvalue weighted by Gasteiger charge is -2.30. The zero-order valence-electron chi connectivity index (χ0n) is 12.4. The smallest absolute Gasteiger partial charge is 0.251 e. The normalized spacial score (nSPS) is 17.7. The van der Waals surface area contributed by atoms with Gasteiger partial charge in [0, 0.05) is 18.2 Å². The predicted molar refractivity (Wildman–Crippen MR) is 82.5 cm³/mol. The fourth-order valence-corrected chi connectivity index (χ4v) is 3.18. The Kier molecular flexibility index (Phi) is 5.60. The van der Waals surface area contributed by atoms with Crippen LogP contribution in [-0.2, 0) is 6.54 Å². The van der Waals surface area contributed by atoms with Gasteiger partial charge in [0.1, 0.15) is 0 Å². The summed E-state index contributed by atoms with van der Waals surface area (Å²) in [5, 5.41) is 3.22. The fourth-order valence-electron chi connectivity index (χ4n) is 3.18. The molecule has 0 heterocycles. The third-order valence-electron chi connectivity index (χ3n) is 4.40. The Labute approximate surface area is 121 Å². The largest absolute Gasteiger partial charge is 0.349 e. The van der Waals surface area contributed by atoms with Crippen molar-refractivity contribution in [2.24, 2.45) is 11.7 Å². The second-order valence-corrected chi connectivity index (χ2v) is 5.79. The van der Waals surface area contributed by atoms with Crippen molar-refractivity contribution in [2.45, 2.75) is 58.0 Å². The number of hydrogen-bond donors (Lipinski definition) is 2. The van der Waals surface area contributed by atoms with E-state index in [4.69, 9.17) is 5.73 Å². The molecule has 0 radical (unpaired) electrons. The number of nitrogens with one attached hydrogen (secondary N) is 1. The van der Waals surface area contributed by atoms with E-state index in [-0.39, 0.29) is 5.91 Å². The average molecular weight is 274 g/mol. The molecular formula is C17H26N2O. The van der Waals surface area contributed by atoms with Crippen molar-refractivity contribution in [3.63, 3.8) is 0 Å². The molecule has 110 valence electrons. The van der Waals surface area contributed by atoms with Crippen LogP contribution in [0.3, 0.4) is 0 Å². The standard InChI is InChI=1S/C17H26N2O/c1-2-16(14-8-4-3-5-9-14)19-17(20)15-10-6-7-13(11-15)12-18/h6-7,10-11,14,16H,2-5,8-9,12,18H2,1H3,(H,19,20). The number of rotatable bonds is 5. The van der Waals surface area contributed by atoms with Gasteiger partial charge in [0.2, 0.25) is 0 Å². The van der Waals surface area contributed by atoms with Gasteiger partial charge in [-0.25, -0.2) is 0 Å². The molecule has 20 heavy (non-hydrogen) atoms. The lowest BCUT2D eigenvalue weighted by molar-refractivity contribution is 0.0911. The first-order valence-corrected chi connectivity index (χ1v) is 7.84. The third kappa shape index (κ3) is 3.83. The van der Waals surface area contributed by atoms with Gasteiger partial charge in [-0.15, -0.1) is 0 Å². The zero-order chi connectivity index (χ0) is 14.4. The second-order valence-electron chi connectivity index (χ2n) is 5.79. The number of nitrogens with two attached hydrogens (primary N) is 1. The minimum absolute atomic E-state index is 0.0396. The van der Waals surface area contributed by atoms with E-state index in [1.807, 2.05) is 24.3 Å². The van der Waals surface area contributed by atoms with E-state index < -0.39 is 0 Å². The number of carbonyl (C=O) groups excluding carboxylic acids is 1. The molecule has 1 aliphatic carbocycles. The van der Waals surface area contributed by atoms with E-state index in [1.54, 1.807) is 0 Å². The van der Waals surface area contributed by atoms with Gasteiger partial charge >= 0.3 is 0 Å². The van der Waals surface area contributed by atoms with Crippen LogP contribution >= 0.6 is 0 Å². The molecule has 3 nitrogen and oxygen atoms in total. The molecule has 0 aliphatic heterocycles. The van der Waals surface area contributed by atoms with Crippen LogP contribution in [0.2, 0.25) is 0 Å². The van der Waals surface area contributed by atoms with Gasteiger partial charge in [0.25, 0.3) is 5.91 Å². The number of amides is 1. The topological polar surface area (TPSA) is 55.1 Å². The molecule has 3 heteroatoms. The lowest BCUT2D eigenvalue weighted by Crippen LogP contribution is -2.40. The Hall–Kier alpha value is -1.35. The number of carbonyl (C=O) groups is 1. The molecule has 0 bridgehead atoms. The Morgan fingerprint density at radius 2 is 2.10 bits per heavy atom. The van der Waals surface area contributed by atoms with Crippen LogP contribution in [-0.4, -0.2) is 11.9 Å². The molecule has 1 saturated carbocycles. The Bertz CT molecular complexity index is 438. The maximum absolute atomic E-state index is 12.4. The van der Waals surface area contributed by atoms with Crippen molar-refractivity contribution in [1.29, 1.82) is 0 Å². The molecule has 1 aromatic carbocycles. The van der Waals surface area contributed by atoms with Crippen LogP contribution in [0.5, 0.6) is 0 Å². The summed E-state index contributed by atoms with van der Waals surface area (Å²) in [6, 6.07) is 7.92. The molecule has 1 fully saturated rings. The van der Waals surface area contributed by atoms with E-state index in [1.165, 1.54) is 32.1 Å². The van der Waals surface area contributed by atoms with Crippen molar-refractivity contribution < 1.29 is 4.79 Å². The first-order chi connectivity index (χ1) is 9.74. The van der Waals surface area contributed by atoms with E-state index in [9.17, 15) is 4.79 Å². The highest BCUT2D eigenvalue weighted by molar-refractivity contribution is 5.94. The van der Waals surface area contributed by atoms with Gasteiger partial charge in [-0.1, -0.05) is 38.3 Å². The fraction of sp³-hybridized carbons (Fsp3) is 0.588. The van der Waals surface area contributed by atoms with E-state index in [2.05, 4.69) is 12.2 Å². The summed E-state index contributed by atoms with van der Waals surface area (Å²) in [6.45, 7) is 2.64. The molecule has 1 aromatic rings. The van der Waals surface area contributed by atoms with Crippen LogP contribution < -0.4 is 11.1 Å². The highest BCUT2D eigenvalue weighted by Gasteiger charge is 2.24. The van der Waals surface area contributed by atoms with Gasteiger partial charge < -0.3 is 11.1 Å². The molecule has 0 spiro atoms. The molecule has 0 aromatic heterocycles. The molecule has 1 unspecified atom stereocenters. The lowest BCUT2D eigenvalue weighted by atomic mass is 9.83. The molecule has 1 amide bonds. The zero-order valence-corrected chi connectivity index (χ0v) is 12.4. The Morgan fingerprint density at radius 1 is 1.35 bits per heavy atom. The van der Waals surface area contributed by atoms with Crippen molar-refractivity contribution in [1.82, 2.24) is 5.32 Å². The SMILES string of the molecule is CCC(NC(=O)c1cccc(CN)c1)C1CCCCC1. The summed E-state index contributed by atoms with van der Waals surface area (Å²) in [5.74, 6) is 0.688. The quantitative estimate of drug-likeness (QED) is 0.866. The summed E-state index contributed by atoms with van der Waals surface area (Å²) in [7, 11) is 0. The molecule has 3 N–H and O–H groups in total. The average Bonchev–Trinajstić information content (AvgIpc) is 2.53. The minimum Gasteiger partial charge on any atom is -0.349 e. The maximum Gasteiger partial charge on any atom is 0.251 e. The van der Waals surface area contributed by atoms with Gasteiger partial charge in [-0.3, -0.25) is 4.79 Å². The van der Waals surface area contributed by atoms with Gasteiger partial charge in [-0.05, 0) is 42.9 Å². The van der Waals surface area contributed by atoms with Crippen molar-refractivity contribution in [3.8, 4) is 0 Å².